The lowest BCUT2D eigenvalue weighted by Crippen LogP contribution is -2.58. The molecule has 0 aliphatic carbocycles. The Morgan fingerprint density at radius 1 is 0.718 bits per heavy atom. The zero-order valence-electron chi connectivity index (χ0n) is 43.1. The van der Waals surface area contributed by atoms with Crippen molar-refractivity contribution in [2.24, 2.45) is 16.5 Å². The quantitative estimate of drug-likeness (QED) is 0.0112. The van der Waals surface area contributed by atoms with Crippen LogP contribution in [0.5, 0.6) is 17.2 Å². The summed E-state index contributed by atoms with van der Waals surface area (Å²) in [6.07, 6.45) is 4.06. The molecule has 0 saturated carbocycles. The molecule has 8 amide bonds. The van der Waals surface area contributed by atoms with Crippen LogP contribution in [-0.4, -0.2) is 189 Å². The Labute approximate surface area is 449 Å². The number of carbonyl (C=O) groups is 9. The summed E-state index contributed by atoms with van der Waals surface area (Å²) >= 11 is 0. The molecule has 3 rings (SSSR count). The number of terminal acetylenes is 1. The van der Waals surface area contributed by atoms with Crippen molar-refractivity contribution in [1.82, 2.24) is 42.5 Å². The predicted molar refractivity (Wildman–Crippen MR) is 277 cm³/mol. The van der Waals surface area contributed by atoms with Crippen molar-refractivity contribution in [3.63, 3.8) is 0 Å². The van der Waals surface area contributed by atoms with E-state index in [0.29, 0.717) is 32.0 Å². The predicted octanol–water partition coefficient (Wildman–Crippen LogP) is -3.38. The van der Waals surface area contributed by atoms with Gasteiger partial charge >= 0.3 is 5.97 Å². The molecule has 5 atom stereocenters. The zero-order valence-corrected chi connectivity index (χ0v) is 43.1. The summed E-state index contributed by atoms with van der Waals surface area (Å²) in [5, 5.41) is 59.5. The fourth-order valence-corrected chi connectivity index (χ4v) is 7.31. The molecular formula is C50H71N11O17. The fourth-order valence-electron chi connectivity index (χ4n) is 7.31. The SMILES string of the molecule is C#CCOCCOCCOCCOCCNC(=O)[C@H](CCC(=O)NCCCC[C@@H]1NC(=O)[C@@H](Cc2ccccc2)NC(=O)[C@H](CC(=O)O)NC(=O)CNC(=O)[C@H](CCCN=C(N)N)NC1=O)NC(=O)c1cc(O)c(O)c(O)c1. The van der Waals surface area contributed by atoms with E-state index in [-0.39, 0.29) is 109 Å². The summed E-state index contributed by atoms with van der Waals surface area (Å²) < 4.78 is 21.4. The van der Waals surface area contributed by atoms with Crippen LogP contribution < -0.4 is 54.0 Å². The van der Waals surface area contributed by atoms with E-state index in [1.165, 1.54) is 0 Å². The number of amides is 8. The van der Waals surface area contributed by atoms with E-state index in [9.17, 15) is 63.6 Å². The molecule has 428 valence electrons. The highest BCUT2D eigenvalue weighted by atomic mass is 16.6. The number of nitrogens with zero attached hydrogens (tertiary/aromatic N) is 1. The van der Waals surface area contributed by atoms with Crippen LogP contribution in [0.3, 0.4) is 0 Å². The number of phenolic OH excluding ortho intramolecular Hbond substituents is 3. The first kappa shape index (κ1) is 64.0. The van der Waals surface area contributed by atoms with Gasteiger partial charge in [0.25, 0.3) is 5.91 Å². The number of hydrogen-bond acceptors (Lipinski definition) is 17. The van der Waals surface area contributed by atoms with E-state index in [2.05, 4.69) is 53.4 Å². The average molecular weight is 1100 g/mol. The molecule has 1 aliphatic rings. The molecule has 0 radical (unpaired) electrons. The lowest BCUT2D eigenvalue weighted by atomic mass is 10.0. The van der Waals surface area contributed by atoms with Crippen LogP contribution in [0, 0.1) is 12.3 Å². The van der Waals surface area contributed by atoms with Gasteiger partial charge < -0.3 is 93.4 Å². The number of phenols is 3. The number of ether oxygens (including phenoxy) is 4. The Bertz CT molecular complexity index is 2360. The van der Waals surface area contributed by atoms with Gasteiger partial charge in [-0.3, -0.25) is 48.1 Å². The zero-order chi connectivity index (χ0) is 57.2. The Morgan fingerprint density at radius 2 is 1.29 bits per heavy atom. The van der Waals surface area contributed by atoms with Crippen LogP contribution in [0.25, 0.3) is 0 Å². The van der Waals surface area contributed by atoms with E-state index < -0.39 is 114 Å². The Morgan fingerprint density at radius 3 is 1.92 bits per heavy atom. The summed E-state index contributed by atoms with van der Waals surface area (Å²) in [7, 11) is 0. The van der Waals surface area contributed by atoms with Gasteiger partial charge in [0.1, 0.15) is 36.8 Å². The topological polar surface area (TPSA) is 432 Å². The minimum atomic E-state index is -1.67. The number of guanidine groups is 1. The lowest BCUT2D eigenvalue weighted by molar-refractivity contribution is -0.141. The molecule has 0 bridgehead atoms. The Kier molecular flexibility index (Phi) is 29.5. The Hall–Kier alpha value is -8.26. The number of carboxylic acid groups (broad SMARTS) is 1. The highest BCUT2D eigenvalue weighted by Crippen LogP contribution is 2.35. The molecule has 2 aromatic rings. The van der Waals surface area contributed by atoms with Gasteiger partial charge in [0.15, 0.2) is 23.2 Å². The third-order valence-corrected chi connectivity index (χ3v) is 11.3. The van der Waals surface area contributed by atoms with Crippen LogP contribution in [-0.2, 0) is 63.7 Å². The maximum atomic E-state index is 14.1. The van der Waals surface area contributed by atoms with Crippen molar-refractivity contribution in [1.29, 1.82) is 0 Å². The van der Waals surface area contributed by atoms with Crippen molar-refractivity contribution in [3.8, 4) is 29.6 Å². The van der Waals surface area contributed by atoms with Crippen molar-refractivity contribution in [2.45, 2.75) is 88.0 Å². The number of nitrogens with one attached hydrogen (secondary N) is 8. The van der Waals surface area contributed by atoms with Crippen LogP contribution in [0.2, 0.25) is 0 Å². The number of aliphatic carboxylic acids is 1. The number of carboxylic acids is 1. The summed E-state index contributed by atoms with van der Waals surface area (Å²) in [5.41, 5.74) is 11.1. The largest absolute Gasteiger partial charge is 0.504 e. The van der Waals surface area contributed by atoms with Gasteiger partial charge in [0.05, 0.1) is 59.2 Å². The summed E-state index contributed by atoms with van der Waals surface area (Å²) in [4.78, 5) is 123. The van der Waals surface area contributed by atoms with Gasteiger partial charge in [-0.05, 0) is 56.2 Å². The standard InChI is InChI=1S/C50H71N11O17/c1-2-18-75-20-22-77-24-25-78-23-21-76-19-17-54-45(70)35(58-44(69)32-27-38(62)43(68)39(63)28-32)13-14-40(64)53-15-7-6-11-34-47(72)59-33(12-8-16-55-50(51)52)46(71)56-30-41(65)57-37(29-42(66)67)49(74)61-36(48(73)60-34)26-31-9-4-3-5-10-31/h1,3-5,9-10,27-28,33-37,62-63,68H,6-8,11-26,29-30H2,(H,53,64)(H,54,70)(H,56,71)(H,57,65)(H,58,69)(H,59,72)(H,60,73)(H,61,74)(H,66,67)(H4,51,52,55)/t33-,34-,35-,36+,37-/m0/s1. The minimum absolute atomic E-state index is 0.000229. The number of unbranched alkanes of at least 4 members (excludes halogenated alkanes) is 1. The number of benzene rings is 2. The molecule has 28 nitrogen and oxygen atoms in total. The highest BCUT2D eigenvalue weighted by molar-refractivity contribution is 5.99. The van der Waals surface area contributed by atoms with Crippen LogP contribution >= 0.6 is 0 Å². The first-order valence-electron chi connectivity index (χ1n) is 25.0. The van der Waals surface area contributed by atoms with E-state index in [4.69, 9.17) is 36.8 Å². The van der Waals surface area contributed by atoms with Gasteiger partial charge in [-0.25, -0.2) is 0 Å². The maximum Gasteiger partial charge on any atom is 0.305 e. The van der Waals surface area contributed by atoms with Gasteiger partial charge in [-0.1, -0.05) is 36.3 Å². The molecule has 0 aromatic heterocycles. The number of carbonyl (C=O) groups excluding carboxylic acids is 8. The van der Waals surface area contributed by atoms with Crippen molar-refractivity contribution in [3.05, 3.63) is 53.6 Å². The molecule has 0 unspecified atom stereocenters. The molecule has 1 aliphatic heterocycles. The first-order chi connectivity index (χ1) is 37.4. The van der Waals surface area contributed by atoms with E-state index >= 15 is 0 Å². The molecule has 78 heavy (non-hydrogen) atoms. The van der Waals surface area contributed by atoms with Gasteiger partial charge in [0.2, 0.25) is 41.4 Å². The number of nitrogens with two attached hydrogens (primary N) is 2. The smallest absolute Gasteiger partial charge is 0.305 e. The first-order valence-corrected chi connectivity index (χ1v) is 25.0. The van der Waals surface area contributed by atoms with E-state index in [1.54, 1.807) is 30.3 Å². The van der Waals surface area contributed by atoms with Gasteiger partial charge in [-0.2, -0.15) is 0 Å². The van der Waals surface area contributed by atoms with Crippen LogP contribution in [0.4, 0.5) is 0 Å². The van der Waals surface area contributed by atoms with Crippen molar-refractivity contribution in [2.75, 3.05) is 79.0 Å². The molecule has 28 heteroatoms. The second-order valence-electron chi connectivity index (χ2n) is 17.4. The molecule has 2 aromatic carbocycles. The molecule has 1 heterocycles. The third kappa shape index (κ3) is 25.5. The second kappa shape index (κ2) is 35.9. The number of aromatic hydroxyl groups is 3. The maximum absolute atomic E-state index is 14.1. The summed E-state index contributed by atoms with van der Waals surface area (Å²) in [6.45, 7) is 1.41. The number of aliphatic imine (C=N–C) groups is 1. The van der Waals surface area contributed by atoms with Crippen LogP contribution in [0.15, 0.2) is 47.5 Å². The third-order valence-electron chi connectivity index (χ3n) is 11.3. The lowest BCUT2D eigenvalue weighted by Gasteiger charge is -2.26. The molecule has 1 saturated heterocycles. The molecular weight excluding hydrogens is 1030 g/mol. The van der Waals surface area contributed by atoms with Crippen molar-refractivity contribution < 1.29 is 82.5 Å². The summed E-state index contributed by atoms with van der Waals surface area (Å²) in [5.74, 6) is -8.39. The van der Waals surface area contributed by atoms with Crippen molar-refractivity contribution >= 4 is 59.2 Å². The fraction of sp³-hybridized carbons (Fsp3) is 0.520. The molecule has 1 fully saturated rings. The Balaban J connectivity index is 1.69. The molecule has 16 N–H and O–H groups in total. The average Bonchev–Trinajstić information content (AvgIpc) is 3.41. The van der Waals surface area contributed by atoms with Crippen LogP contribution in [0.1, 0.15) is 67.3 Å². The summed E-state index contributed by atoms with van der Waals surface area (Å²) in [6, 6.07) is 3.17. The molecule has 0 spiro atoms. The van der Waals surface area contributed by atoms with Gasteiger partial charge in [0, 0.05) is 38.0 Å². The number of rotatable bonds is 32. The number of hydrogen-bond donors (Lipinski definition) is 14. The van der Waals surface area contributed by atoms with Gasteiger partial charge in [-0.15, -0.1) is 6.42 Å². The normalized spacial score (nSPS) is 17.4. The van der Waals surface area contributed by atoms with E-state index in [1.807, 2.05) is 0 Å². The second-order valence-corrected chi connectivity index (χ2v) is 17.4. The monoisotopic (exact) mass is 1100 g/mol. The minimum Gasteiger partial charge on any atom is -0.504 e. The highest BCUT2D eigenvalue weighted by Gasteiger charge is 2.33. The van der Waals surface area contributed by atoms with E-state index in [0.717, 1.165) is 12.1 Å².